The lowest BCUT2D eigenvalue weighted by Gasteiger charge is -2.23. The Balaban J connectivity index is 2.81. The second kappa shape index (κ2) is 5.22. The molecule has 102 valence electrons. The summed E-state index contributed by atoms with van der Waals surface area (Å²) in [6, 6.07) is 2.75. The molecule has 0 aliphatic heterocycles. The molecule has 1 aromatic rings. The van der Waals surface area contributed by atoms with Crippen LogP contribution in [-0.2, 0) is 12.6 Å². The zero-order valence-corrected chi connectivity index (χ0v) is 9.98. The predicted octanol–water partition coefficient (Wildman–Crippen LogP) is 3.49. The van der Waals surface area contributed by atoms with Crippen LogP contribution < -0.4 is 5.32 Å². The summed E-state index contributed by atoms with van der Waals surface area (Å²) in [5, 5.41) is 2.43. The van der Waals surface area contributed by atoms with Crippen LogP contribution in [0.15, 0.2) is 24.3 Å². The third kappa shape index (κ3) is 3.66. The van der Waals surface area contributed by atoms with Crippen LogP contribution in [0.1, 0.15) is 18.1 Å². The van der Waals surface area contributed by atoms with E-state index >= 15 is 0 Å². The molecule has 0 saturated heterocycles. The summed E-state index contributed by atoms with van der Waals surface area (Å²) in [6.07, 6.45) is -5.04. The summed E-state index contributed by atoms with van der Waals surface area (Å²) in [7, 11) is 1.41. The van der Waals surface area contributed by atoms with E-state index in [-0.39, 0.29) is 5.56 Å². The fourth-order valence-corrected chi connectivity index (χ4v) is 1.45. The van der Waals surface area contributed by atoms with Gasteiger partial charge in [-0.2, -0.15) is 13.2 Å². The summed E-state index contributed by atoms with van der Waals surface area (Å²) < 4.78 is 64.0. The van der Waals surface area contributed by atoms with Crippen LogP contribution in [0, 0.1) is 0 Å². The Morgan fingerprint density at radius 1 is 1.06 bits per heavy atom. The van der Waals surface area contributed by atoms with E-state index in [1.54, 1.807) is 0 Å². The molecule has 0 aliphatic rings. The highest BCUT2D eigenvalue weighted by atomic mass is 19.4. The van der Waals surface area contributed by atoms with Gasteiger partial charge in [0.2, 0.25) is 0 Å². The quantitative estimate of drug-likeness (QED) is 0.823. The van der Waals surface area contributed by atoms with Crippen molar-refractivity contribution in [1.82, 2.24) is 5.32 Å². The molecule has 0 amide bonds. The van der Waals surface area contributed by atoms with Crippen molar-refractivity contribution < 1.29 is 22.0 Å². The van der Waals surface area contributed by atoms with Crippen LogP contribution in [0.25, 0.3) is 0 Å². The maximum absolute atomic E-state index is 13.6. The summed E-state index contributed by atoms with van der Waals surface area (Å²) >= 11 is 0. The molecule has 1 unspecified atom stereocenters. The molecular weight excluding hydrogens is 253 g/mol. The third-order valence-electron chi connectivity index (χ3n) is 2.79. The number of hydrogen-bond donors (Lipinski definition) is 1. The molecule has 0 fully saturated rings. The molecule has 1 rings (SSSR count). The minimum atomic E-state index is -4.45. The Morgan fingerprint density at radius 3 is 1.94 bits per heavy atom. The van der Waals surface area contributed by atoms with E-state index in [1.807, 2.05) is 0 Å². The average Bonchev–Trinajstić information content (AvgIpc) is 2.26. The van der Waals surface area contributed by atoms with Gasteiger partial charge in [0.15, 0.2) is 0 Å². The van der Waals surface area contributed by atoms with Crippen molar-refractivity contribution in [2.24, 2.45) is 0 Å². The third-order valence-corrected chi connectivity index (χ3v) is 2.79. The molecule has 0 bridgehead atoms. The first-order chi connectivity index (χ1) is 8.16. The van der Waals surface area contributed by atoms with Crippen LogP contribution in [0.5, 0.6) is 0 Å². The summed E-state index contributed by atoms with van der Waals surface area (Å²) in [5.41, 5.74) is -0.661. The second-order valence-electron chi connectivity index (χ2n) is 4.14. The molecule has 0 aliphatic carbocycles. The maximum Gasteiger partial charge on any atom is 0.416 e. The fraction of sp³-hybridized carbons (Fsp3) is 0.500. The Hall–Kier alpha value is -1.17. The van der Waals surface area contributed by atoms with E-state index in [9.17, 15) is 22.0 Å². The zero-order chi connectivity index (χ0) is 14.0. The van der Waals surface area contributed by atoms with Gasteiger partial charge in [0, 0.05) is 6.42 Å². The van der Waals surface area contributed by atoms with E-state index in [0.29, 0.717) is 0 Å². The molecule has 0 spiro atoms. The van der Waals surface area contributed by atoms with Crippen molar-refractivity contribution in [1.29, 1.82) is 0 Å². The van der Waals surface area contributed by atoms with Gasteiger partial charge in [0.25, 0.3) is 5.92 Å². The predicted molar refractivity (Wildman–Crippen MR) is 58.6 cm³/mol. The summed E-state index contributed by atoms with van der Waals surface area (Å²) in [4.78, 5) is 0. The van der Waals surface area contributed by atoms with Gasteiger partial charge in [-0.05, 0) is 31.7 Å². The number of benzene rings is 1. The Labute approximate surface area is 102 Å². The van der Waals surface area contributed by atoms with E-state index in [1.165, 1.54) is 14.0 Å². The molecule has 0 radical (unpaired) electrons. The number of halogens is 5. The topological polar surface area (TPSA) is 12.0 Å². The van der Waals surface area contributed by atoms with Gasteiger partial charge in [0.1, 0.15) is 0 Å². The van der Waals surface area contributed by atoms with Crippen molar-refractivity contribution >= 4 is 0 Å². The molecule has 6 heteroatoms. The van der Waals surface area contributed by atoms with Crippen LogP contribution >= 0.6 is 0 Å². The van der Waals surface area contributed by atoms with E-state index in [0.717, 1.165) is 24.3 Å². The molecule has 0 aromatic heterocycles. The van der Waals surface area contributed by atoms with Gasteiger partial charge in [-0.3, -0.25) is 0 Å². The van der Waals surface area contributed by atoms with E-state index in [4.69, 9.17) is 0 Å². The Bertz CT molecular complexity index is 382. The number of nitrogens with one attached hydrogen (secondary N) is 1. The van der Waals surface area contributed by atoms with Crippen molar-refractivity contribution in [3.8, 4) is 0 Å². The first-order valence-electron chi connectivity index (χ1n) is 5.38. The molecular formula is C12H14F5N. The van der Waals surface area contributed by atoms with Gasteiger partial charge in [-0.15, -0.1) is 0 Å². The van der Waals surface area contributed by atoms with Crippen molar-refractivity contribution in [3.63, 3.8) is 0 Å². The smallest absolute Gasteiger partial charge is 0.312 e. The van der Waals surface area contributed by atoms with Crippen LogP contribution in [0.4, 0.5) is 22.0 Å². The maximum atomic E-state index is 13.6. The normalized spacial score (nSPS) is 14.6. The molecule has 1 N–H and O–H groups in total. The first kappa shape index (κ1) is 14.9. The largest absolute Gasteiger partial charge is 0.416 e. The highest BCUT2D eigenvalue weighted by Gasteiger charge is 2.36. The lowest BCUT2D eigenvalue weighted by molar-refractivity contribution is -0.137. The fourth-order valence-electron chi connectivity index (χ4n) is 1.45. The first-order valence-corrected chi connectivity index (χ1v) is 5.38. The van der Waals surface area contributed by atoms with Crippen LogP contribution in [0.2, 0.25) is 0 Å². The average molecular weight is 267 g/mol. The minimum Gasteiger partial charge on any atom is -0.312 e. The van der Waals surface area contributed by atoms with Crippen LogP contribution in [0.3, 0.4) is 0 Å². The van der Waals surface area contributed by atoms with Crippen molar-refractivity contribution in [2.45, 2.75) is 31.5 Å². The van der Waals surface area contributed by atoms with Crippen molar-refractivity contribution in [2.75, 3.05) is 7.05 Å². The number of alkyl halides is 5. The molecule has 1 nitrogen and oxygen atoms in total. The molecule has 1 atom stereocenters. The SMILES string of the molecule is CNC(C)C(F)(F)Cc1ccc(C(F)(F)F)cc1. The standard InChI is InChI=1S/C12H14F5N/c1-8(18-2)11(13,14)7-9-3-5-10(6-4-9)12(15,16)17/h3-6,8,18H,7H2,1-2H3. The van der Waals surface area contributed by atoms with Crippen LogP contribution in [-0.4, -0.2) is 19.0 Å². The Kier molecular flexibility index (Phi) is 4.32. The van der Waals surface area contributed by atoms with Gasteiger partial charge < -0.3 is 5.32 Å². The molecule has 1 aromatic carbocycles. The molecule has 0 saturated carbocycles. The zero-order valence-electron chi connectivity index (χ0n) is 9.98. The second-order valence-corrected chi connectivity index (χ2v) is 4.14. The van der Waals surface area contributed by atoms with Gasteiger partial charge in [-0.1, -0.05) is 12.1 Å². The summed E-state index contributed by atoms with van der Waals surface area (Å²) in [6.45, 7) is 1.32. The summed E-state index contributed by atoms with van der Waals surface area (Å²) in [5.74, 6) is -3.01. The highest BCUT2D eigenvalue weighted by molar-refractivity contribution is 5.25. The highest BCUT2D eigenvalue weighted by Crippen LogP contribution is 2.30. The van der Waals surface area contributed by atoms with E-state index < -0.39 is 30.1 Å². The van der Waals surface area contributed by atoms with Gasteiger partial charge >= 0.3 is 6.18 Å². The molecule has 0 heterocycles. The van der Waals surface area contributed by atoms with Gasteiger partial charge in [-0.25, -0.2) is 8.78 Å². The Morgan fingerprint density at radius 2 is 1.56 bits per heavy atom. The molecule has 18 heavy (non-hydrogen) atoms. The lowest BCUT2D eigenvalue weighted by atomic mass is 10.0. The number of hydrogen-bond acceptors (Lipinski definition) is 1. The van der Waals surface area contributed by atoms with Gasteiger partial charge in [0.05, 0.1) is 11.6 Å². The minimum absolute atomic E-state index is 0.176. The monoisotopic (exact) mass is 267 g/mol. The van der Waals surface area contributed by atoms with E-state index in [2.05, 4.69) is 5.32 Å². The van der Waals surface area contributed by atoms with Crippen molar-refractivity contribution in [3.05, 3.63) is 35.4 Å². The lowest BCUT2D eigenvalue weighted by Crippen LogP contribution is -2.42. The number of rotatable bonds is 4.